The molecule has 1 heterocycles. The number of halogens is 6. The third kappa shape index (κ3) is 2.83. The van der Waals surface area contributed by atoms with Gasteiger partial charge in [-0.05, 0) is 12.2 Å². The van der Waals surface area contributed by atoms with Gasteiger partial charge in [0.05, 0.1) is 12.3 Å². The Hall–Kier alpha value is -1.10. The van der Waals surface area contributed by atoms with E-state index in [-0.39, 0.29) is 5.11 Å². The van der Waals surface area contributed by atoms with E-state index in [9.17, 15) is 26.3 Å². The number of aliphatic hydroxyl groups is 1. The Morgan fingerprint density at radius 3 is 2.00 bits per heavy atom. The molecule has 0 amide bonds. The van der Waals surface area contributed by atoms with Crippen molar-refractivity contribution in [3.63, 3.8) is 0 Å². The molecule has 1 aliphatic rings. The van der Waals surface area contributed by atoms with Crippen LogP contribution in [0.3, 0.4) is 0 Å². The van der Waals surface area contributed by atoms with Crippen LogP contribution in [0.2, 0.25) is 0 Å². The van der Waals surface area contributed by atoms with E-state index < -0.39 is 36.6 Å². The van der Waals surface area contributed by atoms with E-state index in [0.717, 1.165) is 0 Å². The van der Waals surface area contributed by atoms with Crippen molar-refractivity contribution in [2.24, 2.45) is 5.10 Å². The maximum atomic E-state index is 12.3. The van der Waals surface area contributed by atoms with Crippen molar-refractivity contribution in [2.75, 3.05) is 6.54 Å². The number of thiocarbonyl (C=S) groups is 1. The lowest BCUT2D eigenvalue weighted by Crippen LogP contribution is -2.59. The minimum absolute atomic E-state index is 0.0266. The van der Waals surface area contributed by atoms with Gasteiger partial charge in [0.1, 0.15) is 0 Å². The molecule has 0 aromatic heterocycles. The normalized spacial score (nSPS) is 17.9. The lowest BCUT2D eigenvalue weighted by Gasteiger charge is -2.33. The van der Waals surface area contributed by atoms with E-state index in [0.29, 0.717) is 0 Å². The van der Waals surface area contributed by atoms with Crippen LogP contribution in [0.4, 0.5) is 26.3 Å². The molecule has 0 saturated carbocycles. The summed E-state index contributed by atoms with van der Waals surface area (Å²) in [6, 6.07) is 0. The molecule has 0 unspecified atom stereocenters. The van der Waals surface area contributed by atoms with Crippen LogP contribution in [0.15, 0.2) is 5.10 Å². The van der Waals surface area contributed by atoms with Gasteiger partial charge in [-0.25, -0.2) is 0 Å². The second-order valence-corrected chi connectivity index (χ2v) is 3.91. The molecule has 11 heteroatoms. The van der Waals surface area contributed by atoms with Gasteiger partial charge < -0.3 is 10.4 Å². The number of hydrogen-bond donors (Lipinski definition) is 3. The molecule has 1 rings (SSSR count). The molecule has 0 aromatic rings. The highest BCUT2D eigenvalue weighted by Gasteiger charge is 2.70. The number of rotatable bonds is 2. The first-order valence-electron chi connectivity index (χ1n) is 4.42. The summed E-state index contributed by atoms with van der Waals surface area (Å²) in [5.41, 5.74) is -3.35. The fourth-order valence-corrected chi connectivity index (χ4v) is 1.27. The van der Waals surface area contributed by atoms with Crippen LogP contribution in [0.1, 0.15) is 6.42 Å². The largest absolute Gasteiger partial charge is 0.426 e. The summed E-state index contributed by atoms with van der Waals surface area (Å²) in [6.45, 7) is -0.402. The second kappa shape index (κ2) is 4.53. The first kappa shape index (κ1) is 15.0. The Kier molecular flexibility index (Phi) is 3.77. The zero-order valence-corrected chi connectivity index (χ0v) is 9.30. The molecule has 0 fully saturated rings. The molecule has 3 N–H and O–H groups in total. The van der Waals surface area contributed by atoms with Gasteiger partial charge in [0, 0.05) is 6.42 Å². The molecular weight excluding hydrogens is 288 g/mol. The van der Waals surface area contributed by atoms with Crippen molar-refractivity contribution in [1.29, 1.82) is 0 Å². The highest BCUT2D eigenvalue weighted by molar-refractivity contribution is 7.80. The van der Waals surface area contributed by atoms with Gasteiger partial charge in [-0.15, -0.1) is 0 Å². The molecule has 0 aromatic carbocycles. The zero-order valence-electron chi connectivity index (χ0n) is 8.48. The fourth-order valence-electron chi connectivity index (χ4n) is 1.15. The van der Waals surface area contributed by atoms with E-state index >= 15 is 0 Å². The summed E-state index contributed by atoms with van der Waals surface area (Å²) < 4.78 is 74.0. The van der Waals surface area contributed by atoms with Crippen LogP contribution in [0.25, 0.3) is 0 Å². The van der Waals surface area contributed by atoms with E-state index in [4.69, 9.17) is 5.11 Å². The summed E-state index contributed by atoms with van der Waals surface area (Å²) in [6.07, 6.45) is -13.4. The molecule has 0 atom stereocenters. The van der Waals surface area contributed by atoms with Crippen LogP contribution in [-0.4, -0.2) is 40.4 Å². The Labute approximate surface area is 102 Å². The zero-order chi connectivity index (χ0) is 14.2. The van der Waals surface area contributed by atoms with Gasteiger partial charge >= 0.3 is 12.4 Å². The molecule has 0 saturated heterocycles. The van der Waals surface area contributed by atoms with E-state index in [1.54, 1.807) is 0 Å². The summed E-state index contributed by atoms with van der Waals surface area (Å²) in [5, 5.41) is 14.4. The third-order valence-electron chi connectivity index (χ3n) is 2.17. The Balaban J connectivity index is 2.98. The van der Waals surface area contributed by atoms with Gasteiger partial charge in [0.25, 0.3) is 5.60 Å². The highest BCUT2D eigenvalue weighted by atomic mass is 32.1. The molecule has 0 aliphatic carbocycles. The van der Waals surface area contributed by atoms with Crippen LogP contribution >= 0.6 is 12.2 Å². The summed E-state index contributed by atoms with van der Waals surface area (Å²) >= 11 is 4.51. The Morgan fingerprint density at radius 1 is 1.17 bits per heavy atom. The van der Waals surface area contributed by atoms with E-state index in [2.05, 4.69) is 22.6 Å². The molecule has 104 valence electrons. The molecule has 0 radical (unpaired) electrons. The number of nitrogens with one attached hydrogen (secondary N) is 2. The third-order valence-corrected chi connectivity index (χ3v) is 2.40. The van der Waals surface area contributed by atoms with Crippen LogP contribution in [0, 0.1) is 0 Å². The molecule has 18 heavy (non-hydrogen) atoms. The summed E-state index contributed by atoms with van der Waals surface area (Å²) in [7, 11) is 0. The molecule has 4 nitrogen and oxygen atoms in total. The number of nitrogens with zero attached hydrogens (tertiary/aromatic N) is 1. The predicted molar refractivity (Wildman–Crippen MR) is 52.8 cm³/mol. The van der Waals surface area contributed by atoms with Gasteiger partial charge in [0.15, 0.2) is 5.11 Å². The topological polar surface area (TPSA) is 56.7 Å². The average Bonchev–Trinajstić information content (AvgIpc) is 2.18. The van der Waals surface area contributed by atoms with Crippen LogP contribution in [-0.2, 0) is 0 Å². The van der Waals surface area contributed by atoms with Crippen molar-refractivity contribution >= 4 is 23.0 Å². The smallest absolute Gasteiger partial charge is 0.373 e. The minimum atomic E-state index is -5.86. The predicted octanol–water partition coefficient (Wildman–Crippen LogP) is 1.07. The molecule has 0 bridgehead atoms. The maximum Gasteiger partial charge on any atom is 0.426 e. The second-order valence-electron chi connectivity index (χ2n) is 3.51. The fraction of sp³-hybridized carbons (Fsp3) is 0.714. The highest BCUT2D eigenvalue weighted by Crippen LogP contribution is 2.45. The average molecular weight is 295 g/mol. The molecule has 1 aliphatic heterocycles. The van der Waals surface area contributed by atoms with Gasteiger partial charge in [0.2, 0.25) is 0 Å². The molecule has 0 spiro atoms. The number of hydrogen-bond acceptors (Lipinski definition) is 3. The van der Waals surface area contributed by atoms with Crippen molar-refractivity contribution in [2.45, 2.75) is 24.4 Å². The van der Waals surface area contributed by atoms with Gasteiger partial charge in [-0.1, -0.05) is 0 Å². The number of alkyl halides is 6. The SMILES string of the molecule is OC(CC1=NNC(=S)NC1)(C(F)(F)F)C(F)(F)F. The van der Waals surface area contributed by atoms with Crippen LogP contribution < -0.4 is 10.7 Å². The standard InChI is InChI=1S/C7H7F6N3OS/c8-6(9,10)5(17,7(11,12)13)1-3-2-14-4(18)16-15-3/h17H,1-2H2,(H2,14,16,18). The molecular formula is C7H7F6N3OS. The monoisotopic (exact) mass is 295 g/mol. The van der Waals surface area contributed by atoms with Crippen molar-refractivity contribution in [3.8, 4) is 0 Å². The first-order chi connectivity index (χ1) is 7.97. The Morgan fingerprint density at radius 2 is 1.67 bits per heavy atom. The van der Waals surface area contributed by atoms with Gasteiger partial charge in [-0.3, -0.25) is 5.43 Å². The minimum Gasteiger partial charge on any atom is -0.373 e. The summed E-state index contributed by atoms with van der Waals surface area (Å²) in [4.78, 5) is 0. The van der Waals surface area contributed by atoms with Crippen LogP contribution in [0.5, 0.6) is 0 Å². The maximum absolute atomic E-state index is 12.3. The lowest BCUT2D eigenvalue weighted by molar-refractivity contribution is -0.365. The number of hydrazone groups is 1. The van der Waals surface area contributed by atoms with Gasteiger partial charge in [-0.2, -0.15) is 31.4 Å². The van der Waals surface area contributed by atoms with E-state index in [1.165, 1.54) is 0 Å². The van der Waals surface area contributed by atoms with E-state index in [1.807, 2.05) is 5.43 Å². The van der Waals surface area contributed by atoms with Crippen molar-refractivity contribution in [1.82, 2.24) is 10.7 Å². The first-order valence-corrected chi connectivity index (χ1v) is 4.83. The quantitative estimate of drug-likeness (QED) is 0.527. The lowest BCUT2D eigenvalue weighted by atomic mass is 9.95. The Bertz CT molecular complexity index is 362. The van der Waals surface area contributed by atoms with Crippen molar-refractivity contribution < 1.29 is 31.4 Å². The summed E-state index contributed by atoms with van der Waals surface area (Å²) in [5.74, 6) is 0. The van der Waals surface area contributed by atoms with Crippen molar-refractivity contribution in [3.05, 3.63) is 0 Å².